The average Bonchev–Trinajstić information content (AvgIpc) is 2.73. The van der Waals surface area contributed by atoms with Gasteiger partial charge in [-0.3, -0.25) is 5.41 Å². The highest BCUT2D eigenvalue weighted by Crippen LogP contribution is 2.35. The molecular formula is C12H10F3N3OS. The van der Waals surface area contributed by atoms with Crippen molar-refractivity contribution in [1.29, 1.82) is 5.41 Å². The summed E-state index contributed by atoms with van der Waals surface area (Å²) in [6, 6.07) is 3.04. The van der Waals surface area contributed by atoms with Crippen molar-refractivity contribution in [1.82, 2.24) is 4.98 Å². The van der Waals surface area contributed by atoms with Gasteiger partial charge in [0.2, 0.25) is 0 Å². The molecule has 3 N–H and O–H groups in total. The van der Waals surface area contributed by atoms with Crippen LogP contribution >= 0.6 is 11.8 Å². The van der Waals surface area contributed by atoms with Crippen molar-refractivity contribution >= 4 is 17.6 Å². The highest BCUT2D eigenvalue weighted by molar-refractivity contribution is 7.99. The zero-order valence-corrected chi connectivity index (χ0v) is 11.1. The maximum Gasteiger partial charge on any atom is 0.416 e. The van der Waals surface area contributed by atoms with E-state index in [1.165, 1.54) is 12.3 Å². The third-order valence-electron chi connectivity index (χ3n) is 2.39. The summed E-state index contributed by atoms with van der Waals surface area (Å²) in [6.45, 7) is 1.73. The number of aromatic nitrogens is 1. The van der Waals surface area contributed by atoms with Gasteiger partial charge in [0.05, 0.1) is 11.3 Å². The fourth-order valence-electron chi connectivity index (χ4n) is 1.48. The van der Waals surface area contributed by atoms with Crippen molar-refractivity contribution in [3.8, 4) is 0 Å². The van der Waals surface area contributed by atoms with Gasteiger partial charge in [0.25, 0.3) is 5.22 Å². The van der Waals surface area contributed by atoms with Crippen LogP contribution < -0.4 is 5.73 Å². The number of benzene rings is 1. The number of amidine groups is 1. The summed E-state index contributed by atoms with van der Waals surface area (Å²) < 4.78 is 43.1. The normalized spacial score (nSPS) is 11.6. The lowest BCUT2D eigenvalue weighted by Crippen LogP contribution is -2.14. The average molecular weight is 301 g/mol. The van der Waals surface area contributed by atoms with Crippen LogP contribution in [-0.4, -0.2) is 10.8 Å². The molecule has 0 atom stereocenters. The van der Waals surface area contributed by atoms with E-state index in [-0.39, 0.29) is 10.8 Å². The van der Waals surface area contributed by atoms with Crippen LogP contribution in [0.15, 0.2) is 39.0 Å². The Morgan fingerprint density at radius 1 is 1.40 bits per heavy atom. The highest BCUT2D eigenvalue weighted by Gasteiger charge is 2.31. The van der Waals surface area contributed by atoms with Gasteiger partial charge >= 0.3 is 6.18 Å². The number of nitrogen functional groups attached to an aromatic ring is 1. The first-order valence-electron chi connectivity index (χ1n) is 5.43. The van der Waals surface area contributed by atoms with E-state index in [2.05, 4.69) is 4.98 Å². The van der Waals surface area contributed by atoms with Gasteiger partial charge in [-0.25, -0.2) is 4.98 Å². The lowest BCUT2D eigenvalue weighted by molar-refractivity contribution is -0.137. The number of nitrogens with two attached hydrogens (primary N) is 1. The number of rotatable bonds is 3. The fraction of sp³-hybridized carbons (Fsp3) is 0.167. The van der Waals surface area contributed by atoms with E-state index in [0.29, 0.717) is 10.6 Å². The Morgan fingerprint density at radius 2 is 2.10 bits per heavy atom. The SMILES string of the molecule is Cc1coc(Sc2ccc(C(F)(F)F)cc2C(=N)N)n1. The number of alkyl halides is 3. The smallest absolute Gasteiger partial charge is 0.416 e. The summed E-state index contributed by atoms with van der Waals surface area (Å²) in [6.07, 6.45) is -3.05. The minimum atomic E-state index is -4.48. The Hall–Kier alpha value is -1.96. The molecule has 2 aromatic rings. The maximum atomic E-state index is 12.6. The van der Waals surface area contributed by atoms with E-state index in [1.54, 1.807) is 6.92 Å². The largest absolute Gasteiger partial charge is 0.439 e. The van der Waals surface area contributed by atoms with E-state index in [9.17, 15) is 13.2 Å². The molecule has 2 rings (SSSR count). The predicted molar refractivity (Wildman–Crippen MR) is 67.8 cm³/mol. The molecule has 106 valence electrons. The molecule has 1 aromatic heterocycles. The number of hydrogen-bond acceptors (Lipinski definition) is 4. The molecule has 0 bridgehead atoms. The topological polar surface area (TPSA) is 75.9 Å². The van der Waals surface area contributed by atoms with Crippen molar-refractivity contribution < 1.29 is 17.6 Å². The van der Waals surface area contributed by atoms with Gasteiger partial charge in [-0.15, -0.1) is 0 Å². The number of hydrogen-bond donors (Lipinski definition) is 2. The predicted octanol–water partition coefficient (Wildman–Crippen LogP) is 3.44. The Bertz CT molecular complexity index is 652. The van der Waals surface area contributed by atoms with Gasteiger partial charge in [0.15, 0.2) is 0 Å². The quantitative estimate of drug-likeness (QED) is 0.672. The Balaban J connectivity index is 2.40. The minimum Gasteiger partial charge on any atom is -0.439 e. The molecule has 0 spiro atoms. The third kappa shape index (κ3) is 3.13. The number of nitrogens with one attached hydrogen (secondary N) is 1. The molecule has 0 fully saturated rings. The molecule has 0 amide bonds. The summed E-state index contributed by atoms with van der Waals surface area (Å²) in [7, 11) is 0. The van der Waals surface area contributed by atoms with Crippen LogP contribution in [0.4, 0.5) is 13.2 Å². The zero-order chi connectivity index (χ0) is 14.9. The molecular weight excluding hydrogens is 291 g/mol. The number of nitrogens with zero attached hydrogens (tertiary/aromatic N) is 1. The molecule has 0 radical (unpaired) electrons. The molecule has 8 heteroatoms. The Labute approximate surface area is 116 Å². The van der Waals surface area contributed by atoms with Crippen molar-refractivity contribution in [2.75, 3.05) is 0 Å². The van der Waals surface area contributed by atoms with Crippen LogP contribution in [0.5, 0.6) is 0 Å². The van der Waals surface area contributed by atoms with Crippen LogP contribution in [-0.2, 0) is 6.18 Å². The summed E-state index contributed by atoms with van der Waals surface area (Å²) in [5.74, 6) is -0.443. The van der Waals surface area contributed by atoms with Crippen molar-refractivity contribution in [3.05, 3.63) is 41.3 Å². The van der Waals surface area contributed by atoms with Gasteiger partial charge in [-0.1, -0.05) is 0 Å². The van der Waals surface area contributed by atoms with E-state index in [4.69, 9.17) is 15.6 Å². The van der Waals surface area contributed by atoms with Gasteiger partial charge in [-0.2, -0.15) is 13.2 Å². The number of aryl methyl sites for hydroxylation is 1. The first kappa shape index (κ1) is 14.4. The van der Waals surface area contributed by atoms with Crippen LogP contribution in [0.25, 0.3) is 0 Å². The molecule has 1 heterocycles. The molecule has 0 aliphatic heterocycles. The second-order valence-corrected chi connectivity index (χ2v) is 4.97. The molecule has 1 aromatic carbocycles. The maximum absolute atomic E-state index is 12.6. The summed E-state index contributed by atoms with van der Waals surface area (Å²) in [5, 5.41) is 7.68. The number of oxazole rings is 1. The van der Waals surface area contributed by atoms with Gasteiger partial charge in [0, 0.05) is 10.5 Å². The van der Waals surface area contributed by atoms with E-state index >= 15 is 0 Å². The lowest BCUT2D eigenvalue weighted by atomic mass is 10.1. The van der Waals surface area contributed by atoms with Gasteiger partial charge < -0.3 is 10.2 Å². The lowest BCUT2D eigenvalue weighted by Gasteiger charge is -2.11. The van der Waals surface area contributed by atoms with Crippen molar-refractivity contribution in [3.63, 3.8) is 0 Å². The second kappa shape index (κ2) is 5.20. The summed E-state index contributed by atoms with van der Waals surface area (Å²) in [4.78, 5) is 4.42. The fourth-order valence-corrected chi connectivity index (χ4v) is 2.37. The standard InChI is InChI=1S/C12H10F3N3OS/c1-6-5-19-11(18-6)20-9-3-2-7(12(13,14)15)4-8(9)10(16)17/h2-5H,1H3,(H3,16,17). The Morgan fingerprint density at radius 3 is 2.60 bits per heavy atom. The summed E-state index contributed by atoms with van der Waals surface area (Å²) in [5.41, 5.74) is 5.14. The minimum absolute atomic E-state index is 0.000628. The van der Waals surface area contributed by atoms with Crippen molar-refractivity contribution in [2.45, 2.75) is 23.2 Å². The first-order valence-corrected chi connectivity index (χ1v) is 6.24. The molecule has 4 nitrogen and oxygen atoms in total. The van der Waals surface area contributed by atoms with Crippen LogP contribution in [0.2, 0.25) is 0 Å². The Kier molecular flexibility index (Phi) is 3.76. The molecule has 0 saturated carbocycles. The molecule has 0 saturated heterocycles. The van der Waals surface area contributed by atoms with E-state index < -0.39 is 17.6 Å². The van der Waals surface area contributed by atoms with E-state index in [1.807, 2.05) is 0 Å². The van der Waals surface area contributed by atoms with Crippen LogP contribution in [0.3, 0.4) is 0 Å². The van der Waals surface area contributed by atoms with Crippen molar-refractivity contribution in [2.24, 2.45) is 5.73 Å². The molecule has 0 unspecified atom stereocenters. The highest BCUT2D eigenvalue weighted by atomic mass is 32.2. The monoisotopic (exact) mass is 301 g/mol. The zero-order valence-electron chi connectivity index (χ0n) is 10.3. The number of halogens is 3. The van der Waals surface area contributed by atoms with Gasteiger partial charge in [0.1, 0.15) is 12.1 Å². The summed E-state index contributed by atoms with van der Waals surface area (Å²) >= 11 is 1.02. The molecule has 0 aliphatic rings. The first-order chi connectivity index (χ1) is 9.27. The third-order valence-corrected chi connectivity index (χ3v) is 3.33. The van der Waals surface area contributed by atoms with Crippen LogP contribution in [0, 0.1) is 12.3 Å². The second-order valence-electron chi connectivity index (χ2n) is 3.98. The van der Waals surface area contributed by atoms with Gasteiger partial charge in [-0.05, 0) is 36.9 Å². The molecule has 0 aliphatic carbocycles. The van der Waals surface area contributed by atoms with Crippen LogP contribution in [0.1, 0.15) is 16.8 Å². The molecule has 20 heavy (non-hydrogen) atoms. The van der Waals surface area contributed by atoms with E-state index in [0.717, 1.165) is 23.9 Å².